The highest BCUT2D eigenvalue weighted by Crippen LogP contribution is 2.19. The Morgan fingerprint density at radius 1 is 1.62 bits per heavy atom. The van der Waals surface area contributed by atoms with Gasteiger partial charge in [-0.05, 0) is 21.3 Å². The van der Waals surface area contributed by atoms with E-state index in [0.717, 1.165) is 5.57 Å². The van der Waals surface area contributed by atoms with Gasteiger partial charge in [-0.2, -0.15) is 0 Å². The van der Waals surface area contributed by atoms with E-state index in [0.29, 0.717) is 0 Å². The summed E-state index contributed by atoms with van der Waals surface area (Å²) < 4.78 is 0. The smallest absolute Gasteiger partial charge is 0.128 e. The van der Waals surface area contributed by atoms with Crippen molar-refractivity contribution in [3.8, 4) is 0 Å². The normalized spacial score (nSPS) is 10.4. The van der Waals surface area contributed by atoms with Crippen molar-refractivity contribution in [2.75, 3.05) is 13.3 Å². The van der Waals surface area contributed by atoms with Crippen molar-refractivity contribution >= 4 is 13.5 Å². The van der Waals surface area contributed by atoms with Crippen LogP contribution in [0.3, 0.4) is 0 Å². The Bertz CT molecular complexity index is 145. The molecule has 0 spiro atoms. The second kappa shape index (κ2) is 2.27. The molecule has 0 atom stereocenters. The largest absolute Gasteiger partial charge is 0.345 e. The number of nitrogens with zero attached hydrogens (tertiary/aromatic N) is 1. The lowest BCUT2D eigenvalue weighted by Crippen LogP contribution is -2.01. The van der Waals surface area contributed by atoms with Gasteiger partial charge in [0.05, 0.1) is 0 Å². The Hall–Kier alpha value is -0.360. The molecule has 0 radical (unpaired) electrons. The molecule has 0 saturated heterocycles. The van der Waals surface area contributed by atoms with Crippen LogP contribution in [0.2, 0.25) is 0 Å². The van der Waals surface area contributed by atoms with Gasteiger partial charge in [-0.1, -0.05) is 0 Å². The molecule has 8 heavy (non-hydrogen) atoms. The first-order chi connectivity index (χ1) is 3.80. The number of aromatic amines is 1. The Labute approximate surface area is 50.1 Å². The zero-order valence-electron chi connectivity index (χ0n) is 5.05. The third-order valence-corrected chi connectivity index (χ3v) is 2.00. The average molecular weight is 128 g/mol. The van der Waals surface area contributed by atoms with E-state index in [1.807, 2.05) is 6.20 Å². The van der Waals surface area contributed by atoms with Gasteiger partial charge in [0.15, 0.2) is 0 Å². The van der Waals surface area contributed by atoms with Crippen molar-refractivity contribution in [1.82, 2.24) is 9.97 Å². The van der Waals surface area contributed by atoms with Crippen molar-refractivity contribution in [2.24, 2.45) is 0 Å². The van der Waals surface area contributed by atoms with E-state index in [4.69, 9.17) is 0 Å². The maximum absolute atomic E-state index is 4.09. The lowest BCUT2D eigenvalue weighted by molar-refractivity contribution is 1.40. The maximum Gasteiger partial charge on any atom is 0.128 e. The molecule has 0 aliphatic heterocycles. The molecule has 0 aromatic carbocycles. The van der Waals surface area contributed by atoms with Gasteiger partial charge in [0.25, 0.3) is 0 Å². The highest BCUT2D eigenvalue weighted by molar-refractivity contribution is 7.63. The SMILES string of the molecule is CP(C)c1ncc[nH]1. The first kappa shape index (κ1) is 5.77. The summed E-state index contributed by atoms with van der Waals surface area (Å²) in [6, 6.07) is 0. The van der Waals surface area contributed by atoms with Gasteiger partial charge in [-0.25, -0.2) is 4.98 Å². The summed E-state index contributed by atoms with van der Waals surface area (Å²) in [4.78, 5) is 7.14. The fourth-order valence-corrected chi connectivity index (χ4v) is 1.13. The van der Waals surface area contributed by atoms with E-state index in [1.165, 1.54) is 0 Å². The molecule has 0 amide bonds. The molecular weight excluding hydrogens is 119 g/mol. The first-order valence-corrected chi connectivity index (χ1v) is 4.71. The zero-order chi connectivity index (χ0) is 5.98. The first-order valence-electron chi connectivity index (χ1n) is 2.47. The fourth-order valence-electron chi connectivity index (χ4n) is 0.502. The molecule has 1 N–H and O–H groups in total. The predicted octanol–water partition coefficient (Wildman–Crippen LogP) is 0.776. The van der Waals surface area contributed by atoms with Gasteiger partial charge in [0.1, 0.15) is 5.57 Å². The summed E-state index contributed by atoms with van der Waals surface area (Å²) in [7, 11) is -0.0252. The molecule has 1 rings (SSSR count). The standard InChI is InChI=1S/C5H9N2P/c1-8(2)5-6-3-4-7-5/h3-4H,1-2H3,(H,6,7). The van der Waals surface area contributed by atoms with Crippen LogP contribution in [0.15, 0.2) is 12.4 Å². The zero-order valence-corrected chi connectivity index (χ0v) is 5.94. The van der Waals surface area contributed by atoms with E-state index >= 15 is 0 Å². The molecule has 3 heteroatoms. The van der Waals surface area contributed by atoms with Gasteiger partial charge in [0, 0.05) is 12.4 Å². The molecule has 1 aromatic heterocycles. The number of H-pyrrole nitrogens is 1. The molecule has 2 nitrogen and oxygen atoms in total. The quantitative estimate of drug-likeness (QED) is 0.556. The van der Waals surface area contributed by atoms with Crippen LogP contribution in [0, 0.1) is 0 Å². The van der Waals surface area contributed by atoms with E-state index in [9.17, 15) is 0 Å². The molecule has 0 fully saturated rings. The molecular formula is C5H9N2P. The van der Waals surface area contributed by atoms with Crippen LogP contribution in [0.1, 0.15) is 0 Å². The second-order valence-corrected chi connectivity index (χ2v) is 4.02. The van der Waals surface area contributed by atoms with Crippen molar-refractivity contribution in [3.63, 3.8) is 0 Å². The topological polar surface area (TPSA) is 28.7 Å². The van der Waals surface area contributed by atoms with Crippen LogP contribution in [-0.4, -0.2) is 23.3 Å². The molecule has 0 saturated carbocycles. The summed E-state index contributed by atoms with van der Waals surface area (Å²) in [6.07, 6.45) is 3.65. The van der Waals surface area contributed by atoms with Crippen LogP contribution < -0.4 is 5.57 Å². The minimum Gasteiger partial charge on any atom is -0.345 e. The van der Waals surface area contributed by atoms with Crippen LogP contribution in [0.4, 0.5) is 0 Å². The van der Waals surface area contributed by atoms with Crippen molar-refractivity contribution in [2.45, 2.75) is 0 Å². The van der Waals surface area contributed by atoms with Gasteiger partial charge in [0.2, 0.25) is 0 Å². The van der Waals surface area contributed by atoms with Gasteiger partial charge >= 0.3 is 0 Å². The molecule has 1 aromatic rings. The van der Waals surface area contributed by atoms with Crippen molar-refractivity contribution < 1.29 is 0 Å². The Morgan fingerprint density at radius 3 is 2.62 bits per heavy atom. The molecule has 0 aliphatic rings. The summed E-state index contributed by atoms with van der Waals surface area (Å²) >= 11 is 0. The lowest BCUT2D eigenvalue weighted by Gasteiger charge is -1.96. The molecule has 1 heterocycles. The highest BCUT2D eigenvalue weighted by Gasteiger charge is 1.96. The van der Waals surface area contributed by atoms with Crippen molar-refractivity contribution in [3.05, 3.63) is 12.4 Å². The summed E-state index contributed by atoms with van der Waals surface area (Å²) in [5, 5.41) is 0. The highest BCUT2D eigenvalue weighted by atomic mass is 31.1. The van der Waals surface area contributed by atoms with Gasteiger partial charge in [-0.3, -0.25) is 0 Å². The van der Waals surface area contributed by atoms with Crippen molar-refractivity contribution in [1.29, 1.82) is 0 Å². The number of rotatable bonds is 1. The third-order valence-electron chi connectivity index (χ3n) is 0.907. The summed E-state index contributed by atoms with van der Waals surface area (Å²) in [5.41, 5.74) is 1.12. The maximum atomic E-state index is 4.09. The Morgan fingerprint density at radius 2 is 2.38 bits per heavy atom. The number of imidazole rings is 1. The number of aromatic nitrogens is 2. The third kappa shape index (κ3) is 1.07. The van der Waals surface area contributed by atoms with Crippen LogP contribution in [-0.2, 0) is 0 Å². The molecule has 0 unspecified atom stereocenters. The lowest BCUT2D eigenvalue weighted by atomic mass is 11.0. The minimum absolute atomic E-state index is 0.0252. The van der Waals surface area contributed by atoms with E-state index in [-0.39, 0.29) is 7.92 Å². The Balaban J connectivity index is 2.77. The van der Waals surface area contributed by atoms with Crippen LogP contribution in [0.5, 0.6) is 0 Å². The monoisotopic (exact) mass is 128 g/mol. The van der Waals surface area contributed by atoms with E-state index in [2.05, 4.69) is 23.3 Å². The summed E-state index contributed by atoms with van der Waals surface area (Å²) in [5.74, 6) is 0. The number of hydrogen-bond donors (Lipinski definition) is 1. The van der Waals surface area contributed by atoms with Gasteiger partial charge in [-0.15, -0.1) is 0 Å². The van der Waals surface area contributed by atoms with Gasteiger partial charge < -0.3 is 4.98 Å². The Kier molecular flexibility index (Phi) is 1.64. The van der Waals surface area contributed by atoms with E-state index in [1.54, 1.807) is 6.20 Å². The van der Waals surface area contributed by atoms with Crippen LogP contribution >= 0.6 is 7.92 Å². The summed E-state index contributed by atoms with van der Waals surface area (Å²) in [6.45, 7) is 4.35. The fraction of sp³-hybridized carbons (Fsp3) is 0.400. The number of nitrogens with one attached hydrogen (secondary N) is 1. The second-order valence-electron chi connectivity index (χ2n) is 1.81. The molecule has 0 aliphatic carbocycles. The number of hydrogen-bond acceptors (Lipinski definition) is 1. The minimum atomic E-state index is -0.0252. The average Bonchev–Trinajstić information content (AvgIpc) is 2.12. The van der Waals surface area contributed by atoms with E-state index < -0.39 is 0 Å². The van der Waals surface area contributed by atoms with Crippen LogP contribution in [0.25, 0.3) is 0 Å². The predicted molar refractivity (Wildman–Crippen MR) is 37.0 cm³/mol. The molecule has 0 bridgehead atoms. The molecule has 44 valence electrons.